The smallest absolute Gasteiger partial charge is 0.227 e. The molecule has 2 aromatic carbocycles. The van der Waals surface area contributed by atoms with E-state index >= 15 is 0 Å². The normalized spacial score (nSPS) is 10.8. The average Bonchev–Trinajstić information content (AvgIpc) is 2.76. The third-order valence-corrected chi connectivity index (χ3v) is 3.26. The Labute approximate surface area is 106 Å². The number of rotatable bonds is 1. The number of oxazole rings is 1. The van der Waals surface area contributed by atoms with Crippen molar-refractivity contribution >= 4 is 33.7 Å². The zero-order valence-electron chi connectivity index (χ0n) is 8.35. The monoisotopic (exact) mass is 321 g/mol. The lowest BCUT2D eigenvalue weighted by Crippen LogP contribution is -1.76. The molecule has 0 unspecified atom stereocenters. The van der Waals surface area contributed by atoms with Gasteiger partial charge in [0.05, 0.1) is 0 Å². The van der Waals surface area contributed by atoms with Crippen LogP contribution in [0.2, 0.25) is 0 Å². The van der Waals surface area contributed by atoms with E-state index < -0.39 is 0 Å². The molecule has 1 heterocycles. The minimum atomic E-state index is 0.680. The molecule has 3 rings (SSSR count). The van der Waals surface area contributed by atoms with Gasteiger partial charge in [0.2, 0.25) is 5.89 Å². The molecule has 0 bridgehead atoms. The summed E-state index contributed by atoms with van der Waals surface area (Å²) >= 11 is 2.27. The molecule has 0 saturated heterocycles. The second-order valence-electron chi connectivity index (χ2n) is 3.47. The summed E-state index contributed by atoms with van der Waals surface area (Å²) in [6, 6.07) is 15.9. The summed E-state index contributed by atoms with van der Waals surface area (Å²) in [5.74, 6) is 0.680. The van der Waals surface area contributed by atoms with Crippen molar-refractivity contribution in [3.8, 4) is 11.5 Å². The molecule has 0 amide bonds. The van der Waals surface area contributed by atoms with Gasteiger partial charge in [-0.1, -0.05) is 24.3 Å². The first-order valence-corrected chi connectivity index (χ1v) is 6.03. The van der Waals surface area contributed by atoms with Crippen molar-refractivity contribution in [2.75, 3.05) is 0 Å². The summed E-state index contributed by atoms with van der Waals surface area (Å²) in [6.45, 7) is 0. The second kappa shape index (κ2) is 3.90. The Kier molecular flexibility index (Phi) is 2.40. The van der Waals surface area contributed by atoms with Crippen LogP contribution in [-0.4, -0.2) is 4.98 Å². The first-order chi connectivity index (χ1) is 7.84. The first-order valence-electron chi connectivity index (χ1n) is 4.95. The van der Waals surface area contributed by atoms with E-state index in [1.165, 1.54) is 0 Å². The zero-order chi connectivity index (χ0) is 11.0. The highest BCUT2D eigenvalue weighted by molar-refractivity contribution is 14.1. The van der Waals surface area contributed by atoms with Gasteiger partial charge in [-0.15, -0.1) is 0 Å². The van der Waals surface area contributed by atoms with Crippen LogP contribution in [0, 0.1) is 3.57 Å². The number of hydrogen-bond acceptors (Lipinski definition) is 2. The van der Waals surface area contributed by atoms with Gasteiger partial charge in [0, 0.05) is 9.13 Å². The van der Waals surface area contributed by atoms with E-state index in [0.717, 1.165) is 20.2 Å². The number of fused-ring (bicyclic) bond motifs is 1. The highest BCUT2D eigenvalue weighted by atomic mass is 127. The molecule has 0 fully saturated rings. The number of para-hydroxylation sites is 1. The molecule has 0 spiro atoms. The van der Waals surface area contributed by atoms with Crippen LogP contribution < -0.4 is 0 Å². The highest BCUT2D eigenvalue weighted by Crippen LogP contribution is 2.26. The summed E-state index contributed by atoms with van der Waals surface area (Å²) in [6.07, 6.45) is 0. The van der Waals surface area contributed by atoms with Crippen LogP contribution in [0.3, 0.4) is 0 Å². The van der Waals surface area contributed by atoms with Crippen LogP contribution in [0.15, 0.2) is 52.9 Å². The maximum absolute atomic E-state index is 5.72. The minimum Gasteiger partial charge on any atom is -0.436 e. The maximum Gasteiger partial charge on any atom is 0.227 e. The summed E-state index contributed by atoms with van der Waals surface area (Å²) in [4.78, 5) is 4.51. The fourth-order valence-electron chi connectivity index (χ4n) is 1.62. The zero-order valence-corrected chi connectivity index (χ0v) is 10.5. The van der Waals surface area contributed by atoms with Crippen molar-refractivity contribution in [3.63, 3.8) is 0 Å². The van der Waals surface area contributed by atoms with Gasteiger partial charge in [0.15, 0.2) is 5.58 Å². The van der Waals surface area contributed by atoms with Crippen molar-refractivity contribution in [1.82, 2.24) is 4.98 Å². The Bertz CT molecular complexity index is 631. The van der Waals surface area contributed by atoms with Crippen molar-refractivity contribution < 1.29 is 4.42 Å². The Morgan fingerprint density at radius 2 is 1.75 bits per heavy atom. The Morgan fingerprint density at radius 1 is 0.938 bits per heavy atom. The molecule has 3 aromatic rings. The van der Waals surface area contributed by atoms with Crippen LogP contribution in [0.25, 0.3) is 22.6 Å². The van der Waals surface area contributed by atoms with E-state index in [2.05, 4.69) is 27.6 Å². The lowest BCUT2D eigenvalue weighted by Gasteiger charge is -1.91. The lowest BCUT2D eigenvalue weighted by atomic mass is 10.2. The topological polar surface area (TPSA) is 26.0 Å². The third-order valence-electron chi connectivity index (χ3n) is 2.39. The molecule has 2 nitrogen and oxygen atoms in total. The van der Waals surface area contributed by atoms with Crippen molar-refractivity contribution in [1.29, 1.82) is 0 Å². The van der Waals surface area contributed by atoms with Gasteiger partial charge in [0.1, 0.15) is 5.52 Å². The first kappa shape index (κ1) is 9.84. The van der Waals surface area contributed by atoms with Crippen molar-refractivity contribution in [2.45, 2.75) is 0 Å². The maximum atomic E-state index is 5.72. The molecule has 0 saturated carbocycles. The van der Waals surface area contributed by atoms with Crippen molar-refractivity contribution in [3.05, 3.63) is 52.1 Å². The van der Waals surface area contributed by atoms with Crippen LogP contribution in [0.1, 0.15) is 0 Å². The molecular weight excluding hydrogens is 313 g/mol. The van der Waals surface area contributed by atoms with Gasteiger partial charge in [-0.2, -0.15) is 0 Å². The Balaban J connectivity index is 2.23. The molecule has 0 radical (unpaired) electrons. The molecule has 0 N–H and O–H groups in total. The van der Waals surface area contributed by atoms with Crippen LogP contribution in [0.4, 0.5) is 0 Å². The number of nitrogens with zero attached hydrogens (tertiary/aromatic N) is 1. The standard InChI is InChI=1S/C13H8INO/c14-10-7-4-8-11-12(10)15-13(16-11)9-5-2-1-3-6-9/h1-8H. The van der Waals surface area contributed by atoms with E-state index in [9.17, 15) is 0 Å². The Hall–Kier alpha value is -1.36. The molecule has 3 heteroatoms. The van der Waals surface area contributed by atoms with Gasteiger partial charge < -0.3 is 4.42 Å². The van der Waals surface area contributed by atoms with E-state index in [1.54, 1.807) is 0 Å². The van der Waals surface area contributed by atoms with E-state index in [4.69, 9.17) is 4.42 Å². The largest absolute Gasteiger partial charge is 0.436 e. The average molecular weight is 321 g/mol. The molecule has 16 heavy (non-hydrogen) atoms. The van der Waals surface area contributed by atoms with Crippen LogP contribution >= 0.6 is 22.6 Å². The quantitative estimate of drug-likeness (QED) is 0.631. The fourth-order valence-corrected chi connectivity index (χ4v) is 2.21. The predicted molar refractivity (Wildman–Crippen MR) is 72.2 cm³/mol. The number of benzene rings is 2. The molecule has 0 aliphatic heterocycles. The number of aromatic nitrogens is 1. The second-order valence-corrected chi connectivity index (χ2v) is 4.63. The third kappa shape index (κ3) is 1.61. The van der Waals surface area contributed by atoms with Gasteiger partial charge in [0.25, 0.3) is 0 Å². The van der Waals surface area contributed by atoms with Gasteiger partial charge in [-0.25, -0.2) is 4.98 Å². The van der Waals surface area contributed by atoms with Crippen LogP contribution in [0.5, 0.6) is 0 Å². The molecule has 0 aliphatic carbocycles. The summed E-state index contributed by atoms with van der Waals surface area (Å²) in [5, 5.41) is 0. The van der Waals surface area contributed by atoms with Gasteiger partial charge in [-0.3, -0.25) is 0 Å². The SMILES string of the molecule is Ic1cccc2oc(-c3ccccc3)nc12. The van der Waals surface area contributed by atoms with E-state index in [0.29, 0.717) is 5.89 Å². The molecular formula is C13H8INO. The van der Waals surface area contributed by atoms with Crippen LogP contribution in [-0.2, 0) is 0 Å². The number of hydrogen-bond donors (Lipinski definition) is 0. The molecule has 1 aromatic heterocycles. The van der Waals surface area contributed by atoms with E-state index in [1.807, 2.05) is 48.5 Å². The fraction of sp³-hybridized carbons (Fsp3) is 0. The predicted octanol–water partition coefficient (Wildman–Crippen LogP) is 4.10. The molecule has 78 valence electrons. The minimum absolute atomic E-state index is 0.680. The highest BCUT2D eigenvalue weighted by Gasteiger charge is 2.09. The summed E-state index contributed by atoms with van der Waals surface area (Å²) < 4.78 is 6.83. The molecule has 0 aliphatic rings. The summed E-state index contributed by atoms with van der Waals surface area (Å²) in [5.41, 5.74) is 2.78. The van der Waals surface area contributed by atoms with E-state index in [-0.39, 0.29) is 0 Å². The van der Waals surface area contributed by atoms with Gasteiger partial charge in [-0.05, 0) is 46.9 Å². The van der Waals surface area contributed by atoms with Crippen molar-refractivity contribution in [2.24, 2.45) is 0 Å². The van der Waals surface area contributed by atoms with Gasteiger partial charge >= 0.3 is 0 Å². The number of halogens is 1. The summed E-state index contributed by atoms with van der Waals surface area (Å²) in [7, 11) is 0. The lowest BCUT2D eigenvalue weighted by molar-refractivity contribution is 0.620. The Morgan fingerprint density at radius 3 is 2.50 bits per heavy atom. The molecule has 0 atom stereocenters.